The fourth-order valence-corrected chi connectivity index (χ4v) is 8.03. The van der Waals surface area contributed by atoms with E-state index in [1.807, 2.05) is 18.2 Å². The molecule has 4 aliphatic heterocycles. The molecule has 2 aromatic carbocycles. The van der Waals surface area contributed by atoms with Crippen molar-refractivity contribution in [1.82, 2.24) is 5.32 Å². The molecule has 2 bridgehead atoms. The van der Waals surface area contributed by atoms with E-state index in [2.05, 4.69) is 22.8 Å². The molecule has 5 aliphatic rings. The Hall–Kier alpha value is -2.69. The third kappa shape index (κ3) is 6.71. The number of nitrogens with zero attached hydrogens (tertiary/aromatic N) is 1. The summed E-state index contributed by atoms with van der Waals surface area (Å²) >= 11 is 0. The van der Waals surface area contributed by atoms with Gasteiger partial charge in [-0.05, 0) is 49.8 Å². The highest BCUT2D eigenvalue weighted by molar-refractivity contribution is 5.96. The molecule has 43 heavy (non-hydrogen) atoms. The van der Waals surface area contributed by atoms with Gasteiger partial charge in [-0.1, -0.05) is 43.2 Å². The Bertz CT molecular complexity index is 1240. The number of anilines is 1. The topological polar surface area (TPSA) is 120 Å². The lowest BCUT2D eigenvalue weighted by atomic mass is 9.80. The van der Waals surface area contributed by atoms with Crippen LogP contribution in [0.4, 0.5) is 5.69 Å². The van der Waals surface area contributed by atoms with Crippen LogP contribution in [0.1, 0.15) is 68.6 Å². The van der Waals surface area contributed by atoms with Crippen molar-refractivity contribution in [3.05, 3.63) is 53.6 Å². The number of aromatic hydroxyl groups is 1. The van der Waals surface area contributed by atoms with E-state index >= 15 is 0 Å². The summed E-state index contributed by atoms with van der Waals surface area (Å²) in [6, 6.07) is 13.1. The number of aliphatic hydroxyl groups excluding tert-OH is 1. The Balaban J connectivity index is 0.972. The fraction of sp³-hybridized carbons (Fsp3) is 0.618. The van der Waals surface area contributed by atoms with Gasteiger partial charge in [0.15, 0.2) is 6.61 Å². The first-order chi connectivity index (χ1) is 20.9. The third-order valence-electron chi connectivity index (χ3n) is 10.5. The van der Waals surface area contributed by atoms with E-state index < -0.39 is 11.7 Å². The SMILES string of the molecule is O=C1COc2c(cc(O)cc2[C@@H](O)CNCCCC[N+]23CCC(CC2)[C@@H](OCC(O)(c2ccccc2)C2CCCC2)C3)N1. The number of carbonyl (C=O) groups excluding carboxylic acids is 1. The summed E-state index contributed by atoms with van der Waals surface area (Å²) in [4.78, 5) is 11.6. The first-order valence-electron chi connectivity index (χ1n) is 16.3. The van der Waals surface area contributed by atoms with Gasteiger partial charge in [-0.3, -0.25) is 4.79 Å². The molecule has 1 amide bonds. The summed E-state index contributed by atoms with van der Waals surface area (Å²) in [6.45, 7) is 5.96. The molecule has 9 heteroatoms. The fourth-order valence-electron chi connectivity index (χ4n) is 8.03. The lowest BCUT2D eigenvalue weighted by Crippen LogP contribution is -2.64. The zero-order chi connectivity index (χ0) is 29.9. The monoisotopic (exact) mass is 594 g/mol. The number of benzene rings is 2. The average molecular weight is 595 g/mol. The summed E-state index contributed by atoms with van der Waals surface area (Å²) in [5, 5.41) is 38.9. The number of nitrogens with one attached hydrogen (secondary N) is 2. The minimum atomic E-state index is -0.914. The van der Waals surface area contributed by atoms with E-state index in [-0.39, 0.29) is 30.3 Å². The van der Waals surface area contributed by atoms with E-state index in [0.717, 1.165) is 55.4 Å². The highest BCUT2D eigenvalue weighted by atomic mass is 16.5. The molecule has 1 aliphatic carbocycles. The number of piperidine rings is 3. The maximum atomic E-state index is 12.0. The molecule has 7 rings (SSSR count). The molecule has 1 saturated carbocycles. The molecule has 0 aromatic heterocycles. The van der Waals surface area contributed by atoms with Crippen molar-refractivity contribution in [2.24, 2.45) is 11.8 Å². The summed E-state index contributed by atoms with van der Waals surface area (Å²) in [6.07, 6.45) is 8.32. The van der Waals surface area contributed by atoms with Crippen LogP contribution in [0.5, 0.6) is 11.5 Å². The second kappa shape index (κ2) is 13.1. The maximum absolute atomic E-state index is 12.0. The highest BCUT2D eigenvalue weighted by Crippen LogP contribution is 2.43. The van der Waals surface area contributed by atoms with Crippen LogP contribution in [0.15, 0.2) is 42.5 Å². The van der Waals surface area contributed by atoms with Crippen molar-refractivity contribution in [3.8, 4) is 11.5 Å². The van der Waals surface area contributed by atoms with Crippen LogP contribution < -0.4 is 15.4 Å². The molecular weight excluding hydrogens is 546 g/mol. The minimum Gasteiger partial charge on any atom is -0.508 e. The molecule has 9 nitrogen and oxygen atoms in total. The number of hydrogen-bond donors (Lipinski definition) is 5. The summed E-state index contributed by atoms with van der Waals surface area (Å²) in [5.41, 5.74) is 0.932. The molecule has 4 fully saturated rings. The Morgan fingerprint density at radius 3 is 2.63 bits per heavy atom. The van der Waals surface area contributed by atoms with Gasteiger partial charge in [-0.25, -0.2) is 0 Å². The van der Waals surface area contributed by atoms with Crippen molar-refractivity contribution in [3.63, 3.8) is 0 Å². The molecule has 0 radical (unpaired) electrons. The number of unbranched alkanes of at least 4 members (excludes halogenated alkanes) is 1. The van der Waals surface area contributed by atoms with Crippen LogP contribution in [0.2, 0.25) is 0 Å². The molecule has 0 spiro atoms. The van der Waals surface area contributed by atoms with E-state index in [0.29, 0.717) is 36.1 Å². The Morgan fingerprint density at radius 1 is 1.09 bits per heavy atom. The summed E-state index contributed by atoms with van der Waals surface area (Å²) in [5.74, 6) is 0.960. The Morgan fingerprint density at radius 2 is 1.86 bits per heavy atom. The number of carbonyl (C=O) groups is 1. The molecule has 234 valence electrons. The number of quaternary nitrogens is 1. The van der Waals surface area contributed by atoms with Gasteiger partial charge < -0.3 is 39.9 Å². The molecular formula is C34H48N3O6+. The predicted octanol–water partition coefficient (Wildman–Crippen LogP) is 3.83. The van der Waals surface area contributed by atoms with Crippen molar-refractivity contribution in [2.75, 3.05) is 57.8 Å². The molecule has 2 aromatic rings. The van der Waals surface area contributed by atoms with Crippen LogP contribution in [0, 0.1) is 11.8 Å². The number of fused-ring (bicyclic) bond motifs is 4. The first kappa shape index (κ1) is 30.3. The average Bonchev–Trinajstić information content (AvgIpc) is 3.58. The predicted molar refractivity (Wildman–Crippen MR) is 164 cm³/mol. The summed E-state index contributed by atoms with van der Waals surface area (Å²) in [7, 11) is 0. The minimum absolute atomic E-state index is 0.0246. The highest BCUT2D eigenvalue weighted by Gasteiger charge is 2.48. The standard InChI is InChI=1S/C34H47N3O6/c38-27-18-28(33-29(19-27)36-32(40)22-42-33)30(39)20-35-14-6-7-15-37-16-12-24(13-17-37)31(21-37)43-23-34(41,26-10-4-5-11-26)25-8-2-1-3-9-25/h1-3,8-9,18-19,24,26,30-31,35,39,41H,4-7,10-17,20-23H2,(H-,36,38,40)/p+1/t24?,30-,31-,34?,37?/m0/s1. The van der Waals surface area contributed by atoms with Crippen LogP contribution >= 0.6 is 0 Å². The first-order valence-corrected chi connectivity index (χ1v) is 16.3. The molecule has 3 atom stereocenters. The van der Waals surface area contributed by atoms with Gasteiger partial charge in [0.1, 0.15) is 29.7 Å². The number of hydrogen-bond acceptors (Lipinski definition) is 7. The van der Waals surface area contributed by atoms with Gasteiger partial charge in [-0.2, -0.15) is 0 Å². The van der Waals surface area contributed by atoms with E-state index in [4.69, 9.17) is 9.47 Å². The number of aliphatic hydroxyl groups is 2. The van der Waals surface area contributed by atoms with Gasteiger partial charge in [0, 0.05) is 36.9 Å². The van der Waals surface area contributed by atoms with E-state index in [9.17, 15) is 20.1 Å². The van der Waals surface area contributed by atoms with Gasteiger partial charge in [0.2, 0.25) is 0 Å². The van der Waals surface area contributed by atoms with E-state index in [1.54, 1.807) is 0 Å². The second-order valence-electron chi connectivity index (χ2n) is 13.3. The number of phenolic OH excluding ortho intramolecular Hbond substituents is 1. The second-order valence-corrected chi connectivity index (χ2v) is 13.3. The van der Waals surface area contributed by atoms with Crippen LogP contribution in [-0.4, -0.2) is 84.3 Å². The van der Waals surface area contributed by atoms with Crippen molar-refractivity contribution >= 4 is 11.6 Å². The van der Waals surface area contributed by atoms with E-state index in [1.165, 1.54) is 50.9 Å². The van der Waals surface area contributed by atoms with Gasteiger partial charge in [0.05, 0.1) is 38.0 Å². The largest absolute Gasteiger partial charge is 0.508 e. The van der Waals surface area contributed by atoms with Crippen LogP contribution in [0.25, 0.3) is 0 Å². The number of amides is 1. The lowest BCUT2D eigenvalue weighted by Gasteiger charge is -2.53. The quantitative estimate of drug-likeness (QED) is 0.177. The number of phenols is 1. The van der Waals surface area contributed by atoms with Gasteiger partial charge in [0.25, 0.3) is 5.91 Å². The van der Waals surface area contributed by atoms with Crippen LogP contribution in [-0.2, 0) is 15.1 Å². The maximum Gasteiger partial charge on any atom is 0.262 e. The third-order valence-corrected chi connectivity index (χ3v) is 10.5. The number of rotatable bonds is 13. The molecule has 5 N–H and O–H groups in total. The molecule has 1 unspecified atom stereocenters. The Kier molecular flexibility index (Phi) is 9.26. The van der Waals surface area contributed by atoms with Crippen molar-refractivity contribution in [2.45, 2.75) is 69.2 Å². The Labute approximate surface area is 254 Å². The smallest absolute Gasteiger partial charge is 0.262 e. The normalized spacial score (nSPS) is 27.3. The number of ether oxygens (including phenoxy) is 2. The van der Waals surface area contributed by atoms with Crippen molar-refractivity contribution in [1.29, 1.82) is 0 Å². The zero-order valence-electron chi connectivity index (χ0n) is 25.2. The molecule has 3 saturated heterocycles. The zero-order valence-corrected chi connectivity index (χ0v) is 25.2. The van der Waals surface area contributed by atoms with Gasteiger partial charge in [-0.15, -0.1) is 0 Å². The summed E-state index contributed by atoms with van der Waals surface area (Å²) < 4.78 is 13.3. The van der Waals surface area contributed by atoms with Crippen LogP contribution in [0.3, 0.4) is 0 Å². The molecule has 4 heterocycles. The lowest BCUT2D eigenvalue weighted by molar-refractivity contribution is -0.946. The van der Waals surface area contributed by atoms with Gasteiger partial charge >= 0.3 is 0 Å². The van der Waals surface area contributed by atoms with Crippen molar-refractivity contribution < 1.29 is 34.1 Å².